The van der Waals surface area contributed by atoms with Crippen molar-refractivity contribution in [2.75, 3.05) is 44.7 Å². The second-order valence-electron chi connectivity index (χ2n) is 9.47. The summed E-state index contributed by atoms with van der Waals surface area (Å²) in [6, 6.07) is 13.2. The summed E-state index contributed by atoms with van der Waals surface area (Å²) < 4.78 is 5.38. The SMILES string of the molecule is CCCOC(=O)N(C)[C@@H]1CN(C(=O)C2CCN(c3ccc(C#N)cn3)CC2)C[C@H]1c1ccc(Cl)cc1. The lowest BCUT2D eigenvalue weighted by Gasteiger charge is -2.34. The third-order valence-electron chi connectivity index (χ3n) is 7.16. The van der Waals surface area contributed by atoms with Gasteiger partial charge in [-0.15, -0.1) is 0 Å². The Kier molecular flexibility index (Phi) is 8.32. The smallest absolute Gasteiger partial charge is 0.409 e. The number of halogens is 1. The molecule has 190 valence electrons. The molecule has 0 radical (unpaired) electrons. The molecule has 9 heteroatoms. The summed E-state index contributed by atoms with van der Waals surface area (Å²) in [5.74, 6) is 0.880. The minimum atomic E-state index is -0.363. The maximum Gasteiger partial charge on any atom is 0.409 e. The Morgan fingerprint density at radius 3 is 2.50 bits per heavy atom. The van der Waals surface area contributed by atoms with Crippen LogP contribution in [-0.4, -0.2) is 72.7 Å². The molecule has 2 saturated heterocycles. The lowest BCUT2D eigenvalue weighted by atomic mass is 9.93. The molecule has 0 spiro atoms. The van der Waals surface area contributed by atoms with E-state index >= 15 is 0 Å². The molecule has 2 aromatic rings. The van der Waals surface area contributed by atoms with Crippen molar-refractivity contribution in [3.8, 4) is 6.07 Å². The van der Waals surface area contributed by atoms with Crippen molar-refractivity contribution in [1.29, 1.82) is 5.26 Å². The summed E-state index contributed by atoms with van der Waals surface area (Å²) in [6.45, 7) is 4.82. The van der Waals surface area contributed by atoms with Crippen LogP contribution < -0.4 is 4.90 Å². The van der Waals surface area contributed by atoms with Gasteiger partial charge in [-0.2, -0.15) is 5.26 Å². The molecule has 0 unspecified atom stereocenters. The van der Waals surface area contributed by atoms with Crippen molar-refractivity contribution in [3.05, 3.63) is 58.7 Å². The minimum Gasteiger partial charge on any atom is -0.449 e. The van der Waals surface area contributed by atoms with E-state index in [0.29, 0.717) is 30.3 Å². The molecule has 0 saturated carbocycles. The summed E-state index contributed by atoms with van der Waals surface area (Å²) in [4.78, 5) is 36.3. The van der Waals surface area contributed by atoms with Gasteiger partial charge in [-0.25, -0.2) is 9.78 Å². The number of aromatic nitrogens is 1. The zero-order chi connectivity index (χ0) is 25.7. The summed E-state index contributed by atoms with van der Waals surface area (Å²) in [7, 11) is 1.75. The van der Waals surface area contributed by atoms with Crippen LogP contribution in [-0.2, 0) is 9.53 Å². The highest BCUT2D eigenvalue weighted by atomic mass is 35.5. The van der Waals surface area contributed by atoms with Gasteiger partial charge in [0.05, 0.1) is 18.2 Å². The highest BCUT2D eigenvalue weighted by Gasteiger charge is 2.42. The third-order valence-corrected chi connectivity index (χ3v) is 7.41. The van der Waals surface area contributed by atoms with Gasteiger partial charge < -0.3 is 19.4 Å². The number of carbonyl (C=O) groups is 2. The molecule has 36 heavy (non-hydrogen) atoms. The van der Waals surface area contributed by atoms with E-state index in [9.17, 15) is 9.59 Å². The topological polar surface area (TPSA) is 89.8 Å². The van der Waals surface area contributed by atoms with Crippen molar-refractivity contribution in [1.82, 2.24) is 14.8 Å². The fraction of sp³-hybridized carbons (Fsp3) is 0.481. The number of likely N-dealkylation sites (tertiary alicyclic amines) is 1. The Labute approximate surface area is 217 Å². The Balaban J connectivity index is 1.43. The van der Waals surface area contributed by atoms with Crippen LogP contribution in [0.1, 0.15) is 43.2 Å². The molecule has 2 aliphatic heterocycles. The van der Waals surface area contributed by atoms with E-state index < -0.39 is 0 Å². The number of rotatable bonds is 6. The molecule has 4 rings (SSSR count). The number of hydrogen-bond acceptors (Lipinski definition) is 6. The first-order chi connectivity index (χ1) is 17.4. The average molecular weight is 510 g/mol. The fourth-order valence-electron chi connectivity index (χ4n) is 5.08. The van der Waals surface area contributed by atoms with Crippen molar-refractivity contribution < 1.29 is 14.3 Å². The zero-order valence-electron chi connectivity index (χ0n) is 20.8. The van der Waals surface area contributed by atoms with Gasteiger partial charge in [0.25, 0.3) is 0 Å². The number of ether oxygens (including phenoxy) is 1. The van der Waals surface area contributed by atoms with Crippen LogP contribution >= 0.6 is 11.6 Å². The Hall–Kier alpha value is -3.31. The van der Waals surface area contributed by atoms with E-state index in [1.54, 1.807) is 24.2 Å². The number of hydrogen-bond donors (Lipinski definition) is 0. The zero-order valence-corrected chi connectivity index (χ0v) is 21.5. The third kappa shape index (κ3) is 5.73. The standard InChI is InChI=1S/C27H32ClN5O3/c1-3-14-36-27(35)31(2)24-18-33(17-23(24)20-5-7-22(28)8-6-20)26(34)21-10-12-32(13-11-21)25-9-4-19(15-29)16-30-25/h4-9,16,21,23-24H,3,10-14,17-18H2,1-2H3/t23-,24+/m0/s1. The number of benzene rings is 1. The van der Waals surface area contributed by atoms with Gasteiger partial charge in [0.1, 0.15) is 11.9 Å². The first kappa shape index (κ1) is 25.8. The second kappa shape index (κ2) is 11.6. The number of carbonyl (C=O) groups excluding carboxylic acids is 2. The number of likely N-dealkylation sites (N-methyl/N-ethyl adjacent to an activating group) is 1. The van der Waals surface area contributed by atoms with E-state index in [1.807, 2.05) is 42.2 Å². The van der Waals surface area contributed by atoms with E-state index in [1.165, 1.54) is 0 Å². The summed E-state index contributed by atoms with van der Waals surface area (Å²) in [5.41, 5.74) is 1.59. The summed E-state index contributed by atoms with van der Waals surface area (Å²) in [5, 5.41) is 9.64. The lowest BCUT2D eigenvalue weighted by molar-refractivity contribution is -0.135. The fourth-order valence-corrected chi connectivity index (χ4v) is 5.20. The molecule has 2 atom stereocenters. The summed E-state index contributed by atoms with van der Waals surface area (Å²) in [6.07, 6.45) is 3.45. The molecule has 8 nitrogen and oxygen atoms in total. The Bertz CT molecular complexity index is 1090. The van der Waals surface area contributed by atoms with E-state index in [4.69, 9.17) is 21.6 Å². The summed E-state index contributed by atoms with van der Waals surface area (Å²) >= 11 is 6.11. The van der Waals surface area contributed by atoms with E-state index in [-0.39, 0.29) is 29.9 Å². The average Bonchev–Trinajstić information content (AvgIpc) is 3.37. The van der Waals surface area contributed by atoms with Crippen LogP contribution in [0.2, 0.25) is 5.02 Å². The molecule has 2 amide bonds. The van der Waals surface area contributed by atoms with Crippen LogP contribution in [0.5, 0.6) is 0 Å². The maximum absolute atomic E-state index is 13.6. The molecular weight excluding hydrogens is 478 g/mol. The van der Waals surface area contributed by atoms with E-state index in [0.717, 1.165) is 43.7 Å². The Morgan fingerprint density at radius 1 is 1.17 bits per heavy atom. The number of pyridine rings is 1. The number of nitriles is 1. The van der Waals surface area contributed by atoms with Gasteiger partial charge in [-0.1, -0.05) is 30.7 Å². The lowest BCUT2D eigenvalue weighted by Crippen LogP contribution is -2.44. The number of nitrogens with zero attached hydrogens (tertiary/aromatic N) is 5. The predicted molar refractivity (Wildman–Crippen MR) is 138 cm³/mol. The molecule has 2 aliphatic rings. The van der Waals surface area contributed by atoms with Crippen molar-refractivity contribution in [2.45, 2.75) is 38.1 Å². The van der Waals surface area contributed by atoms with Gasteiger partial charge in [0.15, 0.2) is 0 Å². The van der Waals surface area contributed by atoms with Crippen LogP contribution in [0, 0.1) is 17.2 Å². The van der Waals surface area contributed by atoms with Crippen molar-refractivity contribution >= 4 is 29.4 Å². The second-order valence-corrected chi connectivity index (χ2v) is 9.91. The molecule has 1 aromatic carbocycles. The van der Waals surface area contributed by atoms with Crippen molar-refractivity contribution in [3.63, 3.8) is 0 Å². The normalized spacial score (nSPS) is 20.2. The first-order valence-electron chi connectivity index (χ1n) is 12.5. The monoisotopic (exact) mass is 509 g/mol. The van der Waals surface area contributed by atoms with Crippen LogP contribution in [0.3, 0.4) is 0 Å². The van der Waals surface area contributed by atoms with Gasteiger partial charge >= 0.3 is 6.09 Å². The quantitative estimate of drug-likeness (QED) is 0.577. The van der Waals surface area contributed by atoms with Gasteiger partial charge in [-0.05, 0) is 49.1 Å². The predicted octanol–water partition coefficient (Wildman–Crippen LogP) is 4.30. The Morgan fingerprint density at radius 2 is 1.89 bits per heavy atom. The molecule has 2 fully saturated rings. The molecule has 1 aromatic heterocycles. The molecule has 3 heterocycles. The van der Waals surface area contributed by atoms with Crippen LogP contribution in [0.25, 0.3) is 0 Å². The number of piperidine rings is 1. The van der Waals surface area contributed by atoms with Crippen LogP contribution in [0.15, 0.2) is 42.6 Å². The molecule has 0 N–H and O–H groups in total. The van der Waals surface area contributed by atoms with Gasteiger partial charge in [0.2, 0.25) is 5.91 Å². The largest absolute Gasteiger partial charge is 0.449 e. The van der Waals surface area contributed by atoms with Gasteiger partial charge in [0, 0.05) is 56.3 Å². The molecule has 0 aliphatic carbocycles. The maximum atomic E-state index is 13.6. The van der Waals surface area contributed by atoms with E-state index in [2.05, 4.69) is 16.0 Å². The highest BCUT2D eigenvalue weighted by Crippen LogP contribution is 2.34. The molecular formula is C27H32ClN5O3. The van der Waals surface area contributed by atoms with Crippen molar-refractivity contribution in [2.24, 2.45) is 5.92 Å². The van der Waals surface area contributed by atoms with Crippen LogP contribution in [0.4, 0.5) is 10.6 Å². The highest BCUT2D eigenvalue weighted by molar-refractivity contribution is 6.30. The first-order valence-corrected chi connectivity index (χ1v) is 12.8. The molecule has 0 bridgehead atoms. The minimum absolute atomic E-state index is 0.0201. The number of amides is 2. The van der Waals surface area contributed by atoms with Gasteiger partial charge in [-0.3, -0.25) is 4.79 Å². The number of anilines is 1.